The molecule has 0 bridgehead atoms. The number of carboxylic acids is 1. The van der Waals surface area contributed by atoms with Gasteiger partial charge in [-0.05, 0) is 49.6 Å². The zero-order valence-corrected chi connectivity index (χ0v) is 12.6. The number of rotatable bonds is 4. The highest BCUT2D eigenvalue weighted by atomic mass is 16.4. The topological polar surface area (TPSA) is 92.2 Å². The summed E-state index contributed by atoms with van der Waals surface area (Å²) in [6.45, 7) is 5.48. The first-order valence-electron chi connectivity index (χ1n) is 6.80. The number of amides is 1. The maximum Gasteiger partial charge on any atom is 0.330 e. The van der Waals surface area contributed by atoms with Crippen LogP contribution in [0.4, 0.5) is 0 Å². The summed E-state index contributed by atoms with van der Waals surface area (Å²) in [4.78, 5) is 23.7. The number of benzene rings is 1. The molecule has 1 amide bonds. The van der Waals surface area contributed by atoms with Crippen molar-refractivity contribution in [3.05, 3.63) is 58.4 Å². The summed E-state index contributed by atoms with van der Waals surface area (Å²) in [5, 5.41) is 19.5. The number of carbonyl (C=O) groups is 2. The van der Waals surface area contributed by atoms with Crippen molar-refractivity contribution in [2.45, 2.75) is 26.8 Å². The molecule has 0 saturated carbocycles. The summed E-state index contributed by atoms with van der Waals surface area (Å²) in [6.07, 6.45) is 0. The van der Waals surface area contributed by atoms with Gasteiger partial charge in [0.15, 0.2) is 11.7 Å². The van der Waals surface area contributed by atoms with Gasteiger partial charge >= 0.3 is 5.97 Å². The van der Waals surface area contributed by atoms with E-state index in [2.05, 4.69) is 15.5 Å². The lowest BCUT2D eigenvalue weighted by molar-refractivity contribution is -0.139. The summed E-state index contributed by atoms with van der Waals surface area (Å²) in [5.74, 6) is -1.69. The monoisotopic (exact) mass is 299 g/mol. The summed E-state index contributed by atoms with van der Waals surface area (Å²) in [6, 6.07) is 7.39. The number of carboxylic acid groups (broad SMARTS) is 1. The average molecular weight is 299 g/mol. The molecule has 1 unspecified atom stereocenters. The smallest absolute Gasteiger partial charge is 0.330 e. The third-order valence-corrected chi connectivity index (χ3v) is 3.51. The van der Waals surface area contributed by atoms with Gasteiger partial charge in [-0.2, -0.15) is 5.10 Å². The molecule has 1 heterocycles. The van der Waals surface area contributed by atoms with Crippen molar-refractivity contribution in [2.24, 2.45) is 0 Å². The van der Waals surface area contributed by atoms with Gasteiger partial charge in [0.25, 0.3) is 5.91 Å². The molecule has 0 saturated heterocycles. The highest BCUT2D eigenvalue weighted by Gasteiger charge is 2.25. The van der Waals surface area contributed by atoms with E-state index in [1.54, 1.807) is 25.1 Å². The zero-order valence-electron chi connectivity index (χ0n) is 12.6. The minimum absolute atomic E-state index is 0.0853. The molecule has 0 aliphatic rings. The van der Waals surface area contributed by atoms with E-state index in [1.807, 2.05) is 19.9 Å². The minimum atomic E-state index is -1.13. The van der Waals surface area contributed by atoms with Crippen molar-refractivity contribution in [1.29, 1.82) is 0 Å². The Bertz CT molecular complexity index is 711. The lowest BCUT2D eigenvalue weighted by Crippen LogP contribution is -2.34. The third-order valence-electron chi connectivity index (χ3n) is 3.51. The maximum absolute atomic E-state index is 12.2. The van der Waals surface area contributed by atoms with E-state index in [0.29, 0.717) is 11.3 Å². The van der Waals surface area contributed by atoms with Crippen molar-refractivity contribution in [2.75, 3.05) is 0 Å². The average Bonchev–Trinajstić information content (AvgIpc) is 2.48. The van der Waals surface area contributed by atoms with Crippen LogP contribution >= 0.6 is 0 Å². The molecule has 22 heavy (non-hydrogen) atoms. The van der Waals surface area contributed by atoms with Gasteiger partial charge in [0, 0.05) is 0 Å². The third kappa shape index (κ3) is 3.28. The Morgan fingerprint density at radius 2 is 1.82 bits per heavy atom. The lowest BCUT2D eigenvalue weighted by Gasteiger charge is -2.18. The number of hydrogen-bond acceptors (Lipinski definition) is 4. The number of aryl methyl sites for hydroxylation is 2. The van der Waals surface area contributed by atoms with E-state index < -0.39 is 17.9 Å². The standard InChI is InChI=1S/C16H17N3O3/c1-9-5-4-6-12(11(9)3)14(16(21)22)17-15(20)13-8-7-10(2)18-19-13/h4-8,14H,1-3H3,(H,17,20)(H,21,22). The molecule has 0 spiro atoms. The fraction of sp³-hybridized carbons (Fsp3) is 0.250. The molecule has 2 N–H and O–H groups in total. The Morgan fingerprint density at radius 3 is 2.41 bits per heavy atom. The Labute approximate surface area is 128 Å². The van der Waals surface area contributed by atoms with Crippen LogP contribution in [0.5, 0.6) is 0 Å². The normalized spacial score (nSPS) is 11.8. The first kappa shape index (κ1) is 15.6. The fourth-order valence-electron chi connectivity index (χ4n) is 2.08. The molecular weight excluding hydrogens is 282 g/mol. The van der Waals surface area contributed by atoms with Crippen LogP contribution in [0.3, 0.4) is 0 Å². The summed E-state index contributed by atoms with van der Waals surface area (Å²) in [7, 11) is 0. The van der Waals surface area contributed by atoms with E-state index in [1.165, 1.54) is 6.07 Å². The predicted molar refractivity (Wildman–Crippen MR) is 80.5 cm³/mol. The number of nitrogens with zero attached hydrogens (tertiary/aromatic N) is 2. The highest BCUT2D eigenvalue weighted by Crippen LogP contribution is 2.21. The Hall–Kier alpha value is -2.76. The molecule has 0 fully saturated rings. The maximum atomic E-state index is 12.2. The second-order valence-corrected chi connectivity index (χ2v) is 5.09. The lowest BCUT2D eigenvalue weighted by atomic mass is 9.97. The Balaban J connectivity index is 2.30. The van der Waals surface area contributed by atoms with Gasteiger partial charge in [-0.25, -0.2) is 4.79 Å². The molecule has 0 aliphatic heterocycles. The zero-order chi connectivity index (χ0) is 16.3. The second kappa shape index (κ2) is 6.34. The van der Waals surface area contributed by atoms with Gasteiger partial charge in [-0.1, -0.05) is 18.2 Å². The van der Waals surface area contributed by atoms with Crippen molar-refractivity contribution in [3.63, 3.8) is 0 Å². The minimum Gasteiger partial charge on any atom is -0.479 e. The molecule has 1 atom stereocenters. The van der Waals surface area contributed by atoms with Crippen LogP contribution < -0.4 is 5.32 Å². The summed E-state index contributed by atoms with van der Waals surface area (Å²) >= 11 is 0. The molecule has 1 aromatic heterocycles. The molecule has 2 rings (SSSR count). The number of nitrogens with one attached hydrogen (secondary N) is 1. The molecule has 6 heteroatoms. The van der Waals surface area contributed by atoms with Crippen LogP contribution in [-0.2, 0) is 4.79 Å². The van der Waals surface area contributed by atoms with Gasteiger partial charge in [0.05, 0.1) is 5.69 Å². The van der Waals surface area contributed by atoms with Crippen molar-refractivity contribution in [3.8, 4) is 0 Å². The number of carbonyl (C=O) groups excluding carboxylic acids is 1. The number of aliphatic carboxylic acids is 1. The highest BCUT2D eigenvalue weighted by molar-refractivity contribution is 5.95. The SMILES string of the molecule is Cc1ccc(C(=O)NC(C(=O)O)c2cccc(C)c2C)nn1. The molecule has 0 radical (unpaired) electrons. The van der Waals surface area contributed by atoms with Crippen molar-refractivity contribution in [1.82, 2.24) is 15.5 Å². The Morgan fingerprint density at radius 1 is 1.09 bits per heavy atom. The van der Waals surface area contributed by atoms with Crippen LogP contribution in [0.15, 0.2) is 30.3 Å². The first-order chi connectivity index (χ1) is 10.4. The first-order valence-corrected chi connectivity index (χ1v) is 6.80. The van der Waals surface area contributed by atoms with E-state index in [-0.39, 0.29) is 5.69 Å². The van der Waals surface area contributed by atoms with Crippen LogP contribution in [-0.4, -0.2) is 27.2 Å². The largest absolute Gasteiger partial charge is 0.479 e. The summed E-state index contributed by atoms with van der Waals surface area (Å²) in [5.41, 5.74) is 3.13. The van der Waals surface area contributed by atoms with E-state index >= 15 is 0 Å². The van der Waals surface area contributed by atoms with E-state index in [9.17, 15) is 14.7 Å². The van der Waals surface area contributed by atoms with E-state index in [0.717, 1.165) is 11.1 Å². The van der Waals surface area contributed by atoms with Crippen molar-refractivity contribution < 1.29 is 14.7 Å². The molecule has 6 nitrogen and oxygen atoms in total. The molecule has 114 valence electrons. The summed E-state index contributed by atoms with van der Waals surface area (Å²) < 4.78 is 0. The quantitative estimate of drug-likeness (QED) is 0.900. The van der Waals surface area contributed by atoms with Gasteiger partial charge < -0.3 is 10.4 Å². The van der Waals surface area contributed by atoms with Gasteiger partial charge in [-0.3, -0.25) is 4.79 Å². The Kier molecular flexibility index (Phi) is 4.50. The van der Waals surface area contributed by atoms with Crippen molar-refractivity contribution >= 4 is 11.9 Å². The molecular formula is C16H17N3O3. The van der Waals surface area contributed by atoms with Gasteiger partial charge in [0.2, 0.25) is 0 Å². The second-order valence-electron chi connectivity index (χ2n) is 5.09. The number of aromatic nitrogens is 2. The van der Waals surface area contributed by atoms with Gasteiger partial charge in [-0.15, -0.1) is 5.10 Å². The van der Waals surface area contributed by atoms with Crippen LogP contribution in [0.25, 0.3) is 0 Å². The molecule has 2 aromatic rings. The fourth-order valence-corrected chi connectivity index (χ4v) is 2.08. The van der Waals surface area contributed by atoms with Crippen LogP contribution in [0, 0.1) is 20.8 Å². The van der Waals surface area contributed by atoms with Crippen LogP contribution in [0.1, 0.15) is 38.9 Å². The molecule has 1 aromatic carbocycles. The number of hydrogen-bond donors (Lipinski definition) is 2. The van der Waals surface area contributed by atoms with E-state index in [4.69, 9.17) is 0 Å². The predicted octanol–water partition coefficient (Wildman–Crippen LogP) is 1.96. The molecule has 0 aliphatic carbocycles. The van der Waals surface area contributed by atoms with Gasteiger partial charge in [0.1, 0.15) is 0 Å². The van der Waals surface area contributed by atoms with Crippen LogP contribution in [0.2, 0.25) is 0 Å².